The zero-order valence-electron chi connectivity index (χ0n) is 10.9. The van der Waals surface area contributed by atoms with Gasteiger partial charge >= 0.3 is 0 Å². The molecule has 1 unspecified atom stereocenters. The molecule has 0 saturated heterocycles. The van der Waals surface area contributed by atoms with E-state index in [-0.39, 0.29) is 11.6 Å². The summed E-state index contributed by atoms with van der Waals surface area (Å²) in [5.74, 6) is 2.61. The summed E-state index contributed by atoms with van der Waals surface area (Å²) in [7, 11) is 0.323. The molecule has 1 nitrogen and oxygen atoms in total. The Labute approximate surface area is 117 Å². The van der Waals surface area contributed by atoms with Crippen molar-refractivity contribution in [3.8, 4) is 12.3 Å². The van der Waals surface area contributed by atoms with Gasteiger partial charge in [0.25, 0.3) is 0 Å². The van der Waals surface area contributed by atoms with Crippen LogP contribution in [-0.2, 0) is 4.43 Å². The van der Waals surface area contributed by atoms with E-state index >= 15 is 0 Å². The lowest BCUT2D eigenvalue weighted by Crippen LogP contribution is -2.18. The van der Waals surface area contributed by atoms with Crippen LogP contribution in [0.5, 0.6) is 0 Å². The monoisotopic (exact) mass is 264 g/mol. The van der Waals surface area contributed by atoms with Crippen LogP contribution in [0.2, 0.25) is 0 Å². The Hall–Kier alpha value is -1.82. The average molecular weight is 264 g/mol. The number of rotatable bonds is 5. The zero-order chi connectivity index (χ0) is 13.5. The number of benzene rings is 2. The second-order valence-electron chi connectivity index (χ2n) is 4.30. The van der Waals surface area contributed by atoms with E-state index in [0.717, 1.165) is 0 Å². The molecule has 0 saturated carbocycles. The van der Waals surface area contributed by atoms with Gasteiger partial charge in [0, 0.05) is 5.54 Å². The molecule has 0 spiro atoms. The lowest BCUT2D eigenvalue weighted by atomic mass is 10.0. The second kappa shape index (κ2) is 6.94. The Morgan fingerprint density at radius 2 is 1.42 bits per heavy atom. The van der Waals surface area contributed by atoms with Crippen molar-refractivity contribution < 1.29 is 4.43 Å². The minimum atomic E-state index is -0.145. The van der Waals surface area contributed by atoms with Crippen molar-refractivity contribution >= 4 is 9.76 Å². The molecule has 2 rings (SSSR count). The highest BCUT2D eigenvalue weighted by molar-refractivity contribution is 6.31. The van der Waals surface area contributed by atoms with Crippen LogP contribution < -0.4 is 0 Å². The molecule has 0 aliphatic rings. The van der Waals surface area contributed by atoms with E-state index in [1.54, 1.807) is 0 Å². The van der Waals surface area contributed by atoms with Gasteiger partial charge in [0.1, 0.15) is 6.10 Å². The summed E-state index contributed by atoms with van der Waals surface area (Å²) < 4.78 is 5.75. The van der Waals surface area contributed by atoms with Crippen LogP contribution in [0.25, 0.3) is 0 Å². The van der Waals surface area contributed by atoms with Gasteiger partial charge in [0.05, 0.1) is 0 Å². The van der Waals surface area contributed by atoms with Gasteiger partial charge < -0.3 is 4.43 Å². The van der Waals surface area contributed by atoms with Gasteiger partial charge in [-0.15, -0.1) is 6.42 Å². The van der Waals surface area contributed by atoms with Crippen molar-refractivity contribution in [2.24, 2.45) is 0 Å². The first-order valence-corrected chi connectivity index (χ1v) is 7.27. The molecule has 0 aromatic heterocycles. The molecule has 2 aromatic carbocycles. The molecule has 0 N–H and O–H groups in total. The van der Waals surface area contributed by atoms with Crippen LogP contribution in [0, 0.1) is 12.3 Å². The van der Waals surface area contributed by atoms with Crippen molar-refractivity contribution in [3.05, 3.63) is 71.8 Å². The maximum Gasteiger partial charge on any atom is 0.244 e. The summed E-state index contributed by atoms with van der Waals surface area (Å²) in [6, 6.07) is 20.8. The van der Waals surface area contributed by atoms with Crippen molar-refractivity contribution in [1.82, 2.24) is 0 Å². The Morgan fingerprint density at radius 3 is 1.84 bits per heavy atom. The van der Waals surface area contributed by atoms with Crippen molar-refractivity contribution in [2.75, 3.05) is 0 Å². The molecule has 0 bridgehead atoms. The Bertz CT molecular complexity index is 491. The highest BCUT2D eigenvalue weighted by Gasteiger charge is 2.17. The summed E-state index contributed by atoms with van der Waals surface area (Å²) in [5, 5.41) is 0. The van der Waals surface area contributed by atoms with Crippen LogP contribution in [0.1, 0.15) is 23.6 Å². The highest BCUT2D eigenvalue weighted by Crippen LogP contribution is 2.23. The highest BCUT2D eigenvalue weighted by atomic mass is 28.2. The lowest BCUT2D eigenvalue weighted by molar-refractivity contribution is 0.291. The van der Waals surface area contributed by atoms with E-state index in [1.807, 2.05) is 19.1 Å². The van der Waals surface area contributed by atoms with Crippen molar-refractivity contribution in [3.63, 3.8) is 0 Å². The molecule has 2 radical (unpaired) electrons. The largest absolute Gasteiger partial charge is 0.403 e. The third kappa shape index (κ3) is 3.82. The standard InChI is InChI=1S/C17H16OSi/c1-3-14(2)18-19-17(15-10-6-4-7-11-15)16-12-8-5-9-13-16/h1,4-14,17H,2H3. The van der Waals surface area contributed by atoms with Crippen molar-refractivity contribution in [2.45, 2.75) is 18.6 Å². The molecule has 0 fully saturated rings. The van der Waals surface area contributed by atoms with Crippen LogP contribution >= 0.6 is 0 Å². The summed E-state index contributed by atoms with van der Waals surface area (Å²) in [5.41, 5.74) is 2.77. The van der Waals surface area contributed by atoms with Gasteiger partial charge in [-0.3, -0.25) is 0 Å². The van der Waals surface area contributed by atoms with Gasteiger partial charge in [0.2, 0.25) is 9.76 Å². The molecule has 2 aromatic rings. The predicted octanol–water partition coefficient (Wildman–Crippen LogP) is 3.43. The zero-order valence-corrected chi connectivity index (χ0v) is 11.9. The molecule has 94 valence electrons. The Kier molecular flexibility index (Phi) is 4.97. The molecule has 0 aliphatic heterocycles. The van der Waals surface area contributed by atoms with Gasteiger partial charge in [-0.1, -0.05) is 66.6 Å². The first kappa shape index (κ1) is 13.6. The van der Waals surface area contributed by atoms with E-state index in [2.05, 4.69) is 54.5 Å². The minimum absolute atomic E-state index is 0.145. The summed E-state index contributed by atoms with van der Waals surface area (Å²) in [6.07, 6.45) is 5.22. The van der Waals surface area contributed by atoms with Crippen LogP contribution in [-0.4, -0.2) is 15.9 Å². The molecule has 2 heteroatoms. The van der Waals surface area contributed by atoms with Crippen LogP contribution in [0.3, 0.4) is 0 Å². The molecular weight excluding hydrogens is 248 g/mol. The van der Waals surface area contributed by atoms with E-state index in [4.69, 9.17) is 10.8 Å². The SMILES string of the molecule is C#CC(C)O[Si]C(c1ccccc1)c1ccccc1. The fourth-order valence-corrected chi connectivity index (χ4v) is 2.89. The molecule has 19 heavy (non-hydrogen) atoms. The van der Waals surface area contributed by atoms with Gasteiger partial charge in [-0.25, -0.2) is 0 Å². The predicted molar refractivity (Wildman–Crippen MR) is 79.9 cm³/mol. The van der Waals surface area contributed by atoms with Gasteiger partial charge in [-0.2, -0.15) is 0 Å². The first-order chi connectivity index (χ1) is 9.31. The van der Waals surface area contributed by atoms with Crippen LogP contribution in [0.15, 0.2) is 60.7 Å². The Morgan fingerprint density at radius 1 is 0.947 bits per heavy atom. The lowest BCUT2D eigenvalue weighted by Gasteiger charge is -2.17. The van der Waals surface area contributed by atoms with E-state index in [9.17, 15) is 0 Å². The molecular formula is C17H16OSi. The summed E-state index contributed by atoms with van der Waals surface area (Å²) in [6.45, 7) is 1.90. The minimum Gasteiger partial charge on any atom is -0.403 e. The molecule has 0 amide bonds. The summed E-state index contributed by atoms with van der Waals surface area (Å²) >= 11 is 0. The fourth-order valence-electron chi connectivity index (χ4n) is 1.82. The normalized spacial score (nSPS) is 12.1. The first-order valence-electron chi connectivity index (χ1n) is 6.28. The molecule has 0 heterocycles. The molecule has 0 aliphatic carbocycles. The van der Waals surface area contributed by atoms with E-state index in [1.165, 1.54) is 11.1 Å². The van der Waals surface area contributed by atoms with Crippen molar-refractivity contribution in [1.29, 1.82) is 0 Å². The maximum atomic E-state index is 5.75. The smallest absolute Gasteiger partial charge is 0.244 e. The third-order valence-electron chi connectivity index (χ3n) is 2.86. The topological polar surface area (TPSA) is 9.23 Å². The number of hydrogen-bond acceptors (Lipinski definition) is 1. The van der Waals surface area contributed by atoms with Gasteiger partial charge in [0.15, 0.2) is 0 Å². The maximum absolute atomic E-state index is 5.75. The van der Waals surface area contributed by atoms with Gasteiger partial charge in [-0.05, 0) is 18.1 Å². The summed E-state index contributed by atoms with van der Waals surface area (Å²) in [4.78, 5) is 0. The third-order valence-corrected chi connectivity index (χ3v) is 4.26. The Balaban J connectivity index is 2.22. The van der Waals surface area contributed by atoms with E-state index < -0.39 is 0 Å². The average Bonchev–Trinajstić information content (AvgIpc) is 2.49. The van der Waals surface area contributed by atoms with E-state index in [0.29, 0.717) is 9.76 Å². The second-order valence-corrected chi connectivity index (χ2v) is 5.35. The fraction of sp³-hybridized carbons (Fsp3) is 0.176. The number of hydrogen-bond donors (Lipinski definition) is 0. The number of terminal acetylenes is 1. The molecule has 1 atom stereocenters. The quantitative estimate of drug-likeness (QED) is 0.594. The van der Waals surface area contributed by atoms with Crippen LogP contribution in [0.4, 0.5) is 0 Å².